The zero-order chi connectivity index (χ0) is 12.4. The molecule has 2 fully saturated rings. The van der Waals surface area contributed by atoms with Crippen molar-refractivity contribution >= 4 is 17.0 Å². The minimum atomic E-state index is -1.19. The molecule has 2 aliphatic rings. The maximum absolute atomic E-state index is 5.98. The molecule has 17 heavy (non-hydrogen) atoms. The smallest absolute Gasteiger partial charge is 0.168 e. The molecular weight excluding hydrogens is 242 g/mol. The Labute approximate surface area is 110 Å². The summed E-state index contributed by atoms with van der Waals surface area (Å²) in [4.78, 5) is 4.00. The first-order valence-corrected chi connectivity index (χ1v) is 12.9. The van der Waals surface area contributed by atoms with Gasteiger partial charge in [0, 0.05) is 6.61 Å². The van der Waals surface area contributed by atoms with Crippen molar-refractivity contribution in [2.75, 3.05) is 13.2 Å². The second kappa shape index (κ2) is 5.55. The Kier molecular flexibility index (Phi) is 4.50. The first-order chi connectivity index (χ1) is 7.99. The molecule has 0 aromatic heterocycles. The van der Waals surface area contributed by atoms with Crippen LogP contribution in [0.1, 0.15) is 46.0 Å². The summed E-state index contributed by atoms with van der Waals surface area (Å²) in [6.45, 7) is 9.56. The Morgan fingerprint density at radius 2 is 2.00 bits per heavy atom. The molecule has 0 spiro atoms. The van der Waals surface area contributed by atoms with E-state index in [0.29, 0.717) is 5.41 Å². The maximum atomic E-state index is 5.98. The highest BCUT2D eigenvalue weighted by Gasteiger charge is 2.40. The van der Waals surface area contributed by atoms with Gasteiger partial charge in [-0.05, 0) is 36.8 Å². The van der Waals surface area contributed by atoms with Crippen molar-refractivity contribution < 1.29 is 4.43 Å². The third-order valence-electron chi connectivity index (χ3n) is 4.32. The zero-order valence-corrected chi connectivity index (χ0v) is 14.3. The fraction of sp³-hybridized carbons (Fsp3) is 1.00. The second-order valence-corrected chi connectivity index (χ2v) is 17.4. The van der Waals surface area contributed by atoms with Crippen molar-refractivity contribution in [2.45, 2.75) is 58.5 Å². The molecule has 0 bridgehead atoms. The number of nitrogens with one attached hydrogen (secondary N) is 1. The molecule has 1 atom stereocenters. The van der Waals surface area contributed by atoms with E-state index in [1.807, 2.05) is 0 Å². The van der Waals surface area contributed by atoms with Crippen LogP contribution in [0.4, 0.5) is 0 Å². The van der Waals surface area contributed by atoms with Gasteiger partial charge in [0.2, 0.25) is 0 Å². The van der Waals surface area contributed by atoms with Crippen LogP contribution in [0.2, 0.25) is 12.6 Å². The van der Waals surface area contributed by atoms with E-state index in [1.165, 1.54) is 44.7 Å². The molecule has 1 saturated heterocycles. The van der Waals surface area contributed by atoms with Gasteiger partial charge < -0.3 is 9.41 Å². The highest BCUT2D eigenvalue weighted by atomic mass is 29.2. The summed E-state index contributed by atoms with van der Waals surface area (Å²) in [6, 6.07) is 1.43. The van der Waals surface area contributed by atoms with Gasteiger partial charge in [0.15, 0.2) is 9.28 Å². The van der Waals surface area contributed by atoms with Crippen LogP contribution in [-0.4, -0.2) is 30.2 Å². The lowest BCUT2D eigenvalue weighted by Gasteiger charge is -2.42. The summed E-state index contributed by atoms with van der Waals surface area (Å²) in [5.41, 5.74) is 0.422. The van der Waals surface area contributed by atoms with Crippen LogP contribution < -0.4 is 4.98 Å². The molecule has 2 rings (SSSR count). The van der Waals surface area contributed by atoms with Gasteiger partial charge in [-0.25, -0.2) is 0 Å². The van der Waals surface area contributed by atoms with Crippen molar-refractivity contribution in [1.82, 2.24) is 4.98 Å². The minimum Gasteiger partial charge on any atom is -0.425 e. The van der Waals surface area contributed by atoms with Gasteiger partial charge in [-0.2, -0.15) is 0 Å². The molecule has 2 nitrogen and oxygen atoms in total. The molecule has 1 unspecified atom stereocenters. The number of hydrogen-bond donors (Lipinski definition) is 1. The Morgan fingerprint density at radius 3 is 2.65 bits per heavy atom. The fourth-order valence-electron chi connectivity index (χ4n) is 3.61. The lowest BCUT2D eigenvalue weighted by Crippen LogP contribution is -2.61. The van der Waals surface area contributed by atoms with E-state index in [2.05, 4.69) is 25.4 Å². The third kappa shape index (κ3) is 4.19. The number of hydrogen-bond acceptors (Lipinski definition) is 2. The van der Waals surface area contributed by atoms with Crippen molar-refractivity contribution in [3.8, 4) is 0 Å². The summed E-state index contributed by atoms with van der Waals surface area (Å²) < 4.78 is 5.98. The van der Waals surface area contributed by atoms with E-state index in [4.69, 9.17) is 4.43 Å². The molecule has 0 radical (unpaired) electrons. The summed E-state index contributed by atoms with van der Waals surface area (Å²) in [5, 5.41) is 0. The molecule has 1 N–H and O–H groups in total. The van der Waals surface area contributed by atoms with Crippen LogP contribution in [0.15, 0.2) is 0 Å². The predicted molar refractivity (Wildman–Crippen MR) is 79.3 cm³/mol. The van der Waals surface area contributed by atoms with Gasteiger partial charge in [-0.3, -0.25) is 0 Å². The number of rotatable bonds is 3. The molecular formula is C13H29NOSi2. The first-order valence-electron chi connectivity index (χ1n) is 7.32. The average Bonchev–Trinajstić information content (AvgIpc) is 2.26. The summed E-state index contributed by atoms with van der Waals surface area (Å²) in [5.74, 6) is 0.965. The topological polar surface area (TPSA) is 21.3 Å². The average molecular weight is 272 g/mol. The Balaban J connectivity index is 1.80. The van der Waals surface area contributed by atoms with Crippen LogP contribution in [-0.2, 0) is 4.43 Å². The van der Waals surface area contributed by atoms with Crippen molar-refractivity contribution in [1.29, 1.82) is 0 Å². The van der Waals surface area contributed by atoms with E-state index >= 15 is 0 Å². The van der Waals surface area contributed by atoms with Crippen LogP contribution >= 0.6 is 0 Å². The highest BCUT2D eigenvalue weighted by Crippen LogP contribution is 2.31. The van der Waals surface area contributed by atoms with Crippen LogP contribution in [0, 0.1) is 11.3 Å². The lowest BCUT2D eigenvalue weighted by molar-refractivity contribution is 0.195. The van der Waals surface area contributed by atoms with Gasteiger partial charge >= 0.3 is 0 Å². The first kappa shape index (κ1) is 13.8. The molecule has 1 aliphatic heterocycles. The highest BCUT2D eigenvalue weighted by molar-refractivity contribution is 7.21. The third-order valence-corrected chi connectivity index (χ3v) is 12.2. The Hall–Kier alpha value is 0.354. The quantitative estimate of drug-likeness (QED) is 0.796. The SMILES string of the molecule is CC1(C)CO[SiH2][Si](C)(NCC2CCCCC2)C1. The van der Waals surface area contributed by atoms with Crippen molar-refractivity contribution in [2.24, 2.45) is 11.3 Å². The van der Waals surface area contributed by atoms with Gasteiger partial charge in [0.25, 0.3) is 0 Å². The molecule has 1 aliphatic carbocycles. The molecule has 1 saturated carbocycles. The molecule has 4 heteroatoms. The Morgan fingerprint density at radius 1 is 1.29 bits per heavy atom. The van der Waals surface area contributed by atoms with E-state index in [-0.39, 0.29) is 9.28 Å². The summed E-state index contributed by atoms with van der Waals surface area (Å²) in [6.07, 6.45) is 7.32. The maximum Gasteiger partial charge on any atom is 0.168 e. The van der Waals surface area contributed by atoms with Gasteiger partial charge in [0.05, 0.1) is 0 Å². The van der Waals surface area contributed by atoms with Gasteiger partial charge in [-0.1, -0.05) is 39.7 Å². The largest absolute Gasteiger partial charge is 0.425 e. The lowest BCUT2D eigenvalue weighted by atomic mass is 9.90. The predicted octanol–water partition coefficient (Wildman–Crippen LogP) is 2.37. The van der Waals surface area contributed by atoms with Gasteiger partial charge in [0.1, 0.15) is 7.75 Å². The standard InChI is InChI=1S/C13H29NOSi2/c1-13(2)10-15-16-17(3,11-13)14-9-12-7-5-4-6-8-12/h12,14H,4-11,16H2,1-3H3. The zero-order valence-electron chi connectivity index (χ0n) is 11.8. The monoisotopic (exact) mass is 271 g/mol. The molecule has 0 aromatic rings. The summed E-state index contributed by atoms with van der Waals surface area (Å²) in [7, 11) is -1.45. The molecule has 0 aromatic carbocycles. The second-order valence-electron chi connectivity index (χ2n) is 7.28. The van der Waals surface area contributed by atoms with Crippen LogP contribution in [0.3, 0.4) is 0 Å². The van der Waals surface area contributed by atoms with Gasteiger partial charge in [-0.15, -0.1) is 0 Å². The molecule has 100 valence electrons. The fourth-order valence-corrected chi connectivity index (χ4v) is 12.8. The normalized spacial score (nSPS) is 36.2. The van der Waals surface area contributed by atoms with Crippen LogP contribution in [0.25, 0.3) is 0 Å². The van der Waals surface area contributed by atoms with Crippen molar-refractivity contribution in [3.63, 3.8) is 0 Å². The van der Waals surface area contributed by atoms with E-state index in [9.17, 15) is 0 Å². The van der Waals surface area contributed by atoms with Crippen molar-refractivity contribution in [3.05, 3.63) is 0 Å². The minimum absolute atomic E-state index is 0.262. The molecule has 1 heterocycles. The molecule has 0 amide bonds. The summed E-state index contributed by atoms with van der Waals surface area (Å²) >= 11 is 0. The van der Waals surface area contributed by atoms with E-state index in [1.54, 1.807) is 0 Å². The van der Waals surface area contributed by atoms with E-state index < -0.39 is 7.75 Å². The Bertz CT molecular complexity index is 254. The van der Waals surface area contributed by atoms with E-state index in [0.717, 1.165) is 12.5 Å². The van der Waals surface area contributed by atoms with Crippen LogP contribution in [0.5, 0.6) is 0 Å².